The van der Waals surface area contributed by atoms with E-state index in [9.17, 15) is 4.79 Å². The van der Waals surface area contributed by atoms with E-state index < -0.39 is 0 Å². The minimum Gasteiger partial charge on any atom is -0.384 e. The fourth-order valence-electron chi connectivity index (χ4n) is 1.11. The number of nitrogens with two attached hydrogens (primary N) is 1. The van der Waals surface area contributed by atoms with Crippen molar-refractivity contribution in [1.29, 1.82) is 0 Å². The Hall–Kier alpha value is -0.260. The summed E-state index contributed by atoms with van der Waals surface area (Å²) in [6, 6.07) is -0.181. The molecule has 0 bridgehead atoms. The summed E-state index contributed by atoms with van der Waals surface area (Å²) in [5, 5.41) is 3.14. The highest BCUT2D eigenvalue weighted by atomic mass is 32.2. The first kappa shape index (κ1) is 14.7. The standard InChI is InChI=1S/C10H22N2O2S/c1-3-5-12-9(10(11)13)4-7-15-8-6-14-2/h9,12H,3-8H2,1-2H3,(H2,11,13). The first-order valence-electron chi connectivity index (χ1n) is 5.31. The van der Waals surface area contributed by atoms with Gasteiger partial charge in [-0.15, -0.1) is 0 Å². The van der Waals surface area contributed by atoms with Gasteiger partial charge in [-0.1, -0.05) is 6.92 Å². The number of hydrogen-bond donors (Lipinski definition) is 2. The molecule has 0 heterocycles. The van der Waals surface area contributed by atoms with Crippen molar-refractivity contribution in [2.45, 2.75) is 25.8 Å². The van der Waals surface area contributed by atoms with Crippen LogP contribution in [0.25, 0.3) is 0 Å². The lowest BCUT2D eigenvalue weighted by molar-refractivity contribution is -0.120. The topological polar surface area (TPSA) is 64.3 Å². The Morgan fingerprint density at radius 1 is 1.53 bits per heavy atom. The lowest BCUT2D eigenvalue weighted by atomic mass is 10.2. The van der Waals surface area contributed by atoms with Crippen molar-refractivity contribution in [3.05, 3.63) is 0 Å². The Balaban J connectivity index is 3.53. The monoisotopic (exact) mass is 234 g/mol. The van der Waals surface area contributed by atoms with Crippen LogP contribution in [0, 0.1) is 0 Å². The molecule has 3 N–H and O–H groups in total. The van der Waals surface area contributed by atoms with Gasteiger partial charge in [-0.05, 0) is 25.1 Å². The number of nitrogens with one attached hydrogen (secondary N) is 1. The molecule has 90 valence electrons. The van der Waals surface area contributed by atoms with E-state index in [2.05, 4.69) is 12.2 Å². The summed E-state index contributed by atoms with van der Waals surface area (Å²) in [6.07, 6.45) is 1.81. The van der Waals surface area contributed by atoms with Crippen molar-refractivity contribution in [3.63, 3.8) is 0 Å². The number of hydrogen-bond acceptors (Lipinski definition) is 4. The first-order chi connectivity index (χ1) is 7.22. The summed E-state index contributed by atoms with van der Waals surface area (Å²) in [6.45, 7) is 3.67. The first-order valence-corrected chi connectivity index (χ1v) is 6.47. The van der Waals surface area contributed by atoms with Gasteiger partial charge >= 0.3 is 0 Å². The third-order valence-corrected chi connectivity index (χ3v) is 2.95. The summed E-state index contributed by atoms with van der Waals surface area (Å²) in [5.41, 5.74) is 5.28. The van der Waals surface area contributed by atoms with Gasteiger partial charge in [0.1, 0.15) is 0 Å². The SMILES string of the molecule is CCCNC(CCSCCOC)C(N)=O. The molecule has 0 aromatic heterocycles. The maximum atomic E-state index is 11.1. The average Bonchev–Trinajstić information content (AvgIpc) is 2.21. The predicted octanol–water partition coefficient (Wildman–Crippen LogP) is 0.610. The van der Waals surface area contributed by atoms with Crippen LogP contribution in [0.3, 0.4) is 0 Å². The average molecular weight is 234 g/mol. The smallest absolute Gasteiger partial charge is 0.234 e. The van der Waals surface area contributed by atoms with Crippen LogP contribution in [0.2, 0.25) is 0 Å². The van der Waals surface area contributed by atoms with Gasteiger partial charge in [-0.25, -0.2) is 0 Å². The van der Waals surface area contributed by atoms with Crippen LogP contribution in [-0.4, -0.2) is 43.7 Å². The van der Waals surface area contributed by atoms with E-state index in [4.69, 9.17) is 10.5 Å². The van der Waals surface area contributed by atoms with E-state index in [0.717, 1.165) is 37.5 Å². The molecule has 0 aromatic rings. The van der Waals surface area contributed by atoms with E-state index in [0.29, 0.717) is 0 Å². The van der Waals surface area contributed by atoms with Gasteiger partial charge in [0, 0.05) is 12.9 Å². The Bertz CT molecular complexity index is 168. The molecule has 1 amide bonds. The number of methoxy groups -OCH3 is 1. The van der Waals surface area contributed by atoms with Crippen LogP contribution in [0.1, 0.15) is 19.8 Å². The molecule has 0 aliphatic heterocycles. The molecule has 0 fully saturated rings. The maximum absolute atomic E-state index is 11.1. The predicted molar refractivity (Wildman–Crippen MR) is 65.1 cm³/mol. The Kier molecular flexibility index (Phi) is 10.1. The molecule has 0 aliphatic rings. The van der Waals surface area contributed by atoms with Crippen LogP contribution >= 0.6 is 11.8 Å². The molecule has 1 unspecified atom stereocenters. The van der Waals surface area contributed by atoms with Crippen molar-refractivity contribution >= 4 is 17.7 Å². The highest BCUT2D eigenvalue weighted by Crippen LogP contribution is 2.04. The largest absolute Gasteiger partial charge is 0.384 e. The van der Waals surface area contributed by atoms with Gasteiger partial charge in [0.25, 0.3) is 0 Å². The summed E-state index contributed by atoms with van der Waals surface area (Å²) < 4.78 is 4.93. The van der Waals surface area contributed by atoms with E-state index in [1.807, 2.05) is 0 Å². The van der Waals surface area contributed by atoms with Gasteiger partial charge in [0.15, 0.2) is 0 Å². The Morgan fingerprint density at radius 3 is 2.80 bits per heavy atom. The summed E-state index contributed by atoms with van der Waals surface area (Å²) in [4.78, 5) is 11.1. The van der Waals surface area contributed by atoms with Gasteiger partial charge in [0.05, 0.1) is 12.6 Å². The number of carbonyl (C=O) groups is 1. The van der Waals surface area contributed by atoms with Gasteiger partial charge in [0.2, 0.25) is 5.91 Å². The fraction of sp³-hybridized carbons (Fsp3) is 0.900. The molecular weight excluding hydrogens is 212 g/mol. The van der Waals surface area contributed by atoms with Gasteiger partial charge in [-0.2, -0.15) is 11.8 Å². The van der Waals surface area contributed by atoms with Crippen molar-refractivity contribution in [2.24, 2.45) is 5.73 Å². The normalized spacial score (nSPS) is 12.7. The molecule has 0 aliphatic carbocycles. The second-order valence-electron chi connectivity index (χ2n) is 3.30. The lowest BCUT2D eigenvalue weighted by Gasteiger charge is -2.14. The molecule has 0 saturated carbocycles. The van der Waals surface area contributed by atoms with Gasteiger partial charge in [-0.3, -0.25) is 4.79 Å². The molecule has 15 heavy (non-hydrogen) atoms. The molecular formula is C10H22N2O2S. The Morgan fingerprint density at radius 2 is 2.27 bits per heavy atom. The number of primary amides is 1. The number of ether oxygens (including phenoxy) is 1. The van der Waals surface area contributed by atoms with E-state index in [1.54, 1.807) is 18.9 Å². The second-order valence-corrected chi connectivity index (χ2v) is 4.53. The molecule has 4 nitrogen and oxygen atoms in total. The van der Waals surface area contributed by atoms with Crippen LogP contribution in [0.15, 0.2) is 0 Å². The highest BCUT2D eigenvalue weighted by Gasteiger charge is 2.12. The van der Waals surface area contributed by atoms with Crippen LogP contribution in [0.4, 0.5) is 0 Å². The van der Waals surface area contributed by atoms with Crippen molar-refractivity contribution < 1.29 is 9.53 Å². The summed E-state index contributed by atoms with van der Waals surface area (Å²) >= 11 is 1.78. The molecule has 1 atom stereocenters. The van der Waals surface area contributed by atoms with Crippen LogP contribution in [-0.2, 0) is 9.53 Å². The number of thioether (sulfide) groups is 1. The Labute approximate surface area is 96.3 Å². The zero-order valence-electron chi connectivity index (χ0n) is 9.62. The second kappa shape index (κ2) is 10.3. The number of amides is 1. The number of rotatable bonds is 10. The molecule has 0 saturated heterocycles. The molecule has 5 heteroatoms. The zero-order chi connectivity index (χ0) is 11.5. The van der Waals surface area contributed by atoms with Crippen molar-refractivity contribution in [3.8, 4) is 0 Å². The van der Waals surface area contributed by atoms with E-state index in [-0.39, 0.29) is 11.9 Å². The lowest BCUT2D eigenvalue weighted by Crippen LogP contribution is -2.42. The maximum Gasteiger partial charge on any atom is 0.234 e. The van der Waals surface area contributed by atoms with Crippen LogP contribution in [0.5, 0.6) is 0 Å². The van der Waals surface area contributed by atoms with Crippen molar-refractivity contribution in [1.82, 2.24) is 5.32 Å². The number of carbonyl (C=O) groups excluding carboxylic acids is 1. The summed E-state index contributed by atoms with van der Waals surface area (Å²) in [7, 11) is 1.69. The molecule has 0 aromatic carbocycles. The fourth-order valence-corrected chi connectivity index (χ4v) is 2.00. The third-order valence-electron chi connectivity index (χ3n) is 1.97. The minimum atomic E-state index is -0.254. The third kappa shape index (κ3) is 8.72. The van der Waals surface area contributed by atoms with Gasteiger partial charge < -0.3 is 15.8 Å². The zero-order valence-corrected chi connectivity index (χ0v) is 10.4. The minimum absolute atomic E-state index is 0.181. The van der Waals surface area contributed by atoms with E-state index >= 15 is 0 Å². The molecule has 0 spiro atoms. The quantitative estimate of drug-likeness (QED) is 0.544. The highest BCUT2D eigenvalue weighted by molar-refractivity contribution is 7.99. The van der Waals surface area contributed by atoms with E-state index in [1.165, 1.54) is 0 Å². The summed E-state index contributed by atoms with van der Waals surface area (Å²) in [5.74, 6) is 1.65. The van der Waals surface area contributed by atoms with Crippen LogP contribution < -0.4 is 11.1 Å². The molecule has 0 radical (unpaired) electrons. The molecule has 0 rings (SSSR count). The van der Waals surface area contributed by atoms with Crippen molar-refractivity contribution in [2.75, 3.05) is 31.8 Å².